The Morgan fingerprint density at radius 3 is 2.34 bits per heavy atom. The Hall–Kier alpha value is -3.09. The smallest absolute Gasteiger partial charge is 0.338 e. The van der Waals surface area contributed by atoms with Crippen molar-refractivity contribution in [1.29, 1.82) is 0 Å². The van der Waals surface area contributed by atoms with Crippen LogP contribution in [0, 0.1) is 6.92 Å². The molecule has 1 atom stereocenters. The first-order valence-corrected chi connectivity index (χ1v) is 12.2. The van der Waals surface area contributed by atoms with Gasteiger partial charge in [-0.15, -0.1) is 0 Å². The minimum Gasteiger partial charge on any atom is -0.481 e. The summed E-state index contributed by atoms with van der Waals surface area (Å²) in [6.07, 6.45) is 4.26. The lowest BCUT2D eigenvalue weighted by Crippen LogP contribution is -2.22. The molecule has 35 heavy (non-hydrogen) atoms. The third-order valence-corrected chi connectivity index (χ3v) is 6.15. The van der Waals surface area contributed by atoms with Crippen LogP contribution in [0.3, 0.4) is 0 Å². The van der Waals surface area contributed by atoms with E-state index < -0.39 is 5.97 Å². The lowest BCUT2D eigenvalue weighted by Gasteiger charge is -2.25. The number of amides is 1. The SMILES string of the molecule is CCCCCC(CC(=O)Nc1cc(C(=O)OC)c(C)cc1C(C)(C)C)c1ccc(OC)nc1OC. The molecule has 0 saturated carbocycles. The van der Waals surface area contributed by atoms with Gasteiger partial charge in [0.1, 0.15) is 0 Å². The van der Waals surface area contributed by atoms with Gasteiger partial charge in [-0.05, 0) is 47.9 Å². The quantitative estimate of drug-likeness (QED) is 0.303. The van der Waals surface area contributed by atoms with E-state index in [0.29, 0.717) is 23.0 Å². The van der Waals surface area contributed by atoms with Crippen LogP contribution in [-0.4, -0.2) is 38.2 Å². The largest absolute Gasteiger partial charge is 0.481 e. The van der Waals surface area contributed by atoms with Crippen molar-refractivity contribution in [2.24, 2.45) is 0 Å². The van der Waals surface area contributed by atoms with E-state index in [-0.39, 0.29) is 23.7 Å². The van der Waals surface area contributed by atoms with E-state index in [0.717, 1.165) is 42.4 Å². The molecular weight excluding hydrogens is 444 g/mol. The summed E-state index contributed by atoms with van der Waals surface area (Å²) < 4.78 is 15.7. The summed E-state index contributed by atoms with van der Waals surface area (Å²) in [6, 6.07) is 7.40. The Morgan fingerprint density at radius 1 is 1.06 bits per heavy atom. The van der Waals surface area contributed by atoms with E-state index in [4.69, 9.17) is 14.2 Å². The molecule has 1 aromatic heterocycles. The van der Waals surface area contributed by atoms with Crippen LogP contribution in [-0.2, 0) is 14.9 Å². The van der Waals surface area contributed by atoms with Crippen LogP contribution >= 0.6 is 0 Å². The summed E-state index contributed by atoms with van der Waals surface area (Å²) in [6.45, 7) is 10.3. The summed E-state index contributed by atoms with van der Waals surface area (Å²) in [5.41, 5.74) is 3.49. The number of benzene rings is 1. The Labute approximate surface area is 209 Å². The number of hydrogen-bond donors (Lipinski definition) is 1. The number of pyridine rings is 1. The second kappa shape index (κ2) is 12.6. The van der Waals surface area contributed by atoms with Gasteiger partial charge in [-0.3, -0.25) is 4.79 Å². The first kappa shape index (κ1) is 28.1. The predicted molar refractivity (Wildman–Crippen MR) is 139 cm³/mol. The highest BCUT2D eigenvalue weighted by Gasteiger charge is 2.25. The Bertz CT molecular complexity index is 1030. The number of carbonyl (C=O) groups is 2. The molecule has 0 spiro atoms. The molecule has 0 aliphatic heterocycles. The minimum absolute atomic E-state index is 0.0708. The number of nitrogens with zero attached hydrogens (tertiary/aromatic N) is 1. The molecule has 0 saturated heterocycles. The van der Waals surface area contributed by atoms with E-state index in [9.17, 15) is 9.59 Å². The number of hydrogen-bond acceptors (Lipinski definition) is 6. The summed E-state index contributed by atoms with van der Waals surface area (Å²) in [4.78, 5) is 30.1. The summed E-state index contributed by atoms with van der Waals surface area (Å²) in [5.74, 6) is 0.308. The van der Waals surface area contributed by atoms with E-state index in [2.05, 4.69) is 38.0 Å². The van der Waals surface area contributed by atoms with Gasteiger partial charge in [0.2, 0.25) is 17.7 Å². The molecule has 1 unspecified atom stereocenters. The highest BCUT2D eigenvalue weighted by Crippen LogP contribution is 2.36. The van der Waals surface area contributed by atoms with Gasteiger partial charge in [-0.1, -0.05) is 53.0 Å². The zero-order chi connectivity index (χ0) is 26.2. The molecule has 0 aliphatic carbocycles. The average Bonchev–Trinajstić information content (AvgIpc) is 2.82. The summed E-state index contributed by atoms with van der Waals surface area (Å²) >= 11 is 0. The Kier molecular flexibility index (Phi) is 10.1. The first-order valence-electron chi connectivity index (χ1n) is 12.2. The number of esters is 1. The maximum Gasteiger partial charge on any atom is 0.338 e. The van der Waals surface area contributed by atoms with E-state index in [1.165, 1.54) is 7.11 Å². The number of anilines is 1. The Morgan fingerprint density at radius 2 is 1.77 bits per heavy atom. The van der Waals surface area contributed by atoms with Crippen molar-refractivity contribution >= 4 is 17.6 Å². The van der Waals surface area contributed by atoms with Crippen LogP contribution < -0.4 is 14.8 Å². The number of nitrogens with one attached hydrogen (secondary N) is 1. The predicted octanol–water partition coefficient (Wildman–Crippen LogP) is 6.18. The van der Waals surface area contributed by atoms with Crippen molar-refractivity contribution < 1.29 is 23.8 Å². The molecule has 2 rings (SSSR count). The molecule has 0 bridgehead atoms. The van der Waals surface area contributed by atoms with Crippen molar-refractivity contribution in [3.05, 3.63) is 46.5 Å². The third-order valence-electron chi connectivity index (χ3n) is 6.15. The van der Waals surface area contributed by atoms with E-state index in [1.807, 2.05) is 19.1 Å². The van der Waals surface area contributed by atoms with E-state index >= 15 is 0 Å². The van der Waals surface area contributed by atoms with Crippen molar-refractivity contribution in [2.75, 3.05) is 26.6 Å². The van der Waals surface area contributed by atoms with Gasteiger partial charge >= 0.3 is 5.97 Å². The molecule has 0 radical (unpaired) electrons. The average molecular weight is 485 g/mol. The highest BCUT2D eigenvalue weighted by atomic mass is 16.5. The van der Waals surface area contributed by atoms with Gasteiger partial charge in [0.15, 0.2) is 0 Å². The fourth-order valence-corrected chi connectivity index (χ4v) is 4.22. The molecule has 7 heteroatoms. The number of unbranched alkanes of at least 4 members (excludes halogenated alkanes) is 2. The molecular formula is C28H40N2O5. The maximum absolute atomic E-state index is 13.4. The van der Waals surface area contributed by atoms with E-state index in [1.54, 1.807) is 26.4 Å². The fraction of sp³-hybridized carbons (Fsp3) is 0.536. The zero-order valence-corrected chi connectivity index (χ0v) is 22.4. The zero-order valence-electron chi connectivity index (χ0n) is 22.4. The number of rotatable bonds is 11. The van der Waals surface area contributed by atoms with Gasteiger partial charge in [0, 0.05) is 23.7 Å². The number of carbonyl (C=O) groups excluding carboxylic acids is 2. The Balaban J connectivity index is 2.40. The normalized spacial score (nSPS) is 12.1. The molecule has 1 N–H and O–H groups in total. The van der Waals surface area contributed by atoms with Gasteiger partial charge in [-0.2, -0.15) is 4.98 Å². The molecule has 7 nitrogen and oxygen atoms in total. The molecule has 0 fully saturated rings. The molecule has 1 heterocycles. The third kappa shape index (κ3) is 7.44. The summed E-state index contributed by atoms with van der Waals surface area (Å²) in [7, 11) is 4.49. The number of aromatic nitrogens is 1. The molecule has 1 aromatic carbocycles. The lowest BCUT2D eigenvalue weighted by molar-refractivity contribution is -0.116. The van der Waals surface area contributed by atoms with Gasteiger partial charge < -0.3 is 19.5 Å². The van der Waals surface area contributed by atoms with Crippen LogP contribution in [0.5, 0.6) is 11.8 Å². The van der Waals surface area contributed by atoms with Crippen LogP contribution in [0.1, 0.15) is 92.8 Å². The van der Waals surface area contributed by atoms with Crippen molar-refractivity contribution in [2.45, 2.75) is 78.1 Å². The molecule has 2 aromatic rings. The number of methoxy groups -OCH3 is 3. The first-order chi connectivity index (χ1) is 16.5. The standard InChI is InChI=1S/C28H40N2O5/c1-9-10-11-12-19(20-13-14-25(33-6)30-26(20)34-7)16-24(31)29-23-17-21(27(32)35-8)18(2)15-22(23)28(3,4)5/h13-15,17,19H,9-12,16H2,1-8H3,(H,29,31). The molecule has 0 aliphatic rings. The topological polar surface area (TPSA) is 86.8 Å². The maximum atomic E-state index is 13.4. The monoisotopic (exact) mass is 484 g/mol. The second-order valence-corrected chi connectivity index (χ2v) is 9.85. The summed E-state index contributed by atoms with van der Waals surface area (Å²) in [5, 5.41) is 3.08. The van der Waals surface area contributed by atoms with Crippen LogP contribution in [0.15, 0.2) is 24.3 Å². The van der Waals surface area contributed by atoms with Crippen LogP contribution in [0.4, 0.5) is 5.69 Å². The minimum atomic E-state index is -0.426. The van der Waals surface area contributed by atoms with Crippen LogP contribution in [0.25, 0.3) is 0 Å². The number of aryl methyl sites for hydroxylation is 1. The molecule has 1 amide bonds. The van der Waals surface area contributed by atoms with Crippen molar-refractivity contribution in [3.8, 4) is 11.8 Å². The van der Waals surface area contributed by atoms with Gasteiger partial charge in [0.05, 0.1) is 26.9 Å². The van der Waals surface area contributed by atoms with Crippen LogP contribution in [0.2, 0.25) is 0 Å². The van der Waals surface area contributed by atoms with Gasteiger partial charge in [-0.25, -0.2) is 4.79 Å². The van der Waals surface area contributed by atoms with Crippen molar-refractivity contribution in [3.63, 3.8) is 0 Å². The lowest BCUT2D eigenvalue weighted by atomic mass is 9.83. The highest BCUT2D eigenvalue weighted by molar-refractivity contribution is 5.96. The van der Waals surface area contributed by atoms with Gasteiger partial charge in [0.25, 0.3) is 0 Å². The second-order valence-electron chi connectivity index (χ2n) is 9.85. The number of ether oxygens (including phenoxy) is 3. The fourth-order valence-electron chi connectivity index (χ4n) is 4.22. The van der Waals surface area contributed by atoms with Crippen molar-refractivity contribution in [1.82, 2.24) is 4.98 Å². The molecule has 192 valence electrons.